The van der Waals surface area contributed by atoms with Crippen molar-refractivity contribution in [1.29, 1.82) is 0 Å². The number of aromatic nitrogens is 1. The SMILES string of the molecule is CCC(C)N1CCN(C(=O)c2ccc(NN)nc2)CC1. The number of nitrogens with one attached hydrogen (secondary N) is 1. The zero-order valence-corrected chi connectivity index (χ0v) is 12.2. The van der Waals surface area contributed by atoms with E-state index in [9.17, 15) is 4.79 Å². The van der Waals surface area contributed by atoms with E-state index >= 15 is 0 Å². The van der Waals surface area contributed by atoms with Gasteiger partial charge < -0.3 is 10.3 Å². The molecule has 1 aromatic heterocycles. The number of nitrogens with zero attached hydrogens (tertiary/aromatic N) is 3. The molecule has 110 valence electrons. The normalized spacial score (nSPS) is 17.9. The van der Waals surface area contributed by atoms with Gasteiger partial charge in [-0.3, -0.25) is 9.69 Å². The maximum Gasteiger partial charge on any atom is 0.255 e. The lowest BCUT2D eigenvalue weighted by atomic mass is 10.1. The Bertz CT molecular complexity index is 439. The number of hydrazine groups is 1. The van der Waals surface area contributed by atoms with Gasteiger partial charge >= 0.3 is 0 Å². The first-order chi connectivity index (χ1) is 9.65. The summed E-state index contributed by atoms with van der Waals surface area (Å²) < 4.78 is 0. The first kappa shape index (κ1) is 14.7. The fraction of sp³-hybridized carbons (Fsp3) is 0.571. The van der Waals surface area contributed by atoms with E-state index in [1.54, 1.807) is 18.3 Å². The van der Waals surface area contributed by atoms with E-state index in [0.29, 0.717) is 17.4 Å². The van der Waals surface area contributed by atoms with Gasteiger partial charge in [0.2, 0.25) is 0 Å². The van der Waals surface area contributed by atoms with E-state index in [4.69, 9.17) is 5.84 Å². The minimum Gasteiger partial charge on any atom is -0.336 e. The van der Waals surface area contributed by atoms with Gasteiger partial charge in [-0.1, -0.05) is 6.92 Å². The molecule has 2 heterocycles. The quantitative estimate of drug-likeness (QED) is 0.632. The number of nitrogen functional groups attached to an aromatic ring is 1. The third kappa shape index (κ3) is 3.26. The average Bonchev–Trinajstić information content (AvgIpc) is 2.53. The highest BCUT2D eigenvalue weighted by atomic mass is 16.2. The largest absolute Gasteiger partial charge is 0.336 e. The van der Waals surface area contributed by atoms with Crippen molar-refractivity contribution in [2.75, 3.05) is 31.6 Å². The predicted molar refractivity (Wildman–Crippen MR) is 79.3 cm³/mol. The molecule has 0 saturated carbocycles. The van der Waals surface area contributed by atoms with Gasteiger partial charge in [0, 0.05) is 38.4 Å². The molecule has 6 heteroatoms. The van der Waals surface area contributed by atoms with Gasteiger partial charge in [0.05, 0.1) is 5.56 Å². The van der Waals surface area contributed by atoms with Crippen LogP contribution in [0.4, 0.5) is 5.82 Å². The van der Waals surface area contributed by atoms with Crippen LogP contribution >= 0.6 is 0 Å². The second-order valence-electron chi connectivity index (χ2n) is 5.16. The van der Waals surface area contributed by atoms with Crippen molar-refractivity contribution in [2.45, 2.75) is 26.3 Å². The Hall–Kier alpha value is -1.66. The van der Waals surface area contributed by atoms with Crippen LogP contribution in [0.3, 0.4) is 0 Å². The minimum atomic E-state index is 0.0462. The van der Waals surface area contributed by atoms with E-state index in [-0.39, 0.29) is 5.91 Å². The molecule has 6 nitrogen and oxygen atoms in total. The van der Waals surface area contributed by atoms with Crippen molar-refractivity contribution in [3.05, 3.63) is 23.9 Å². The Morgan fingerprint density at radius 3 is 2.60 bits per heavy atom. The van der Waals surface area contributed by atoms with E-state index in [1.165, 1.54) is 0 Å². The number of hydrogen-bond acceptors (Lipinski definition) is 5. The number of piperazine rings is 1. The van der Waals surface area contributed by atoms with Gasteiger partial charge in [0.1, 0.15) is 5.82 Å². The molecule has 1 amide bonds. The number of carbonyl (C=O) groups is 1. The van der Waals surface area contributed by atoms with Gasteiger partial charge in [-0.05, 0) is 25.5 Å². The molecule has 1 aromatic rings. The fourth-order valence-electron chi connectivity index (χ4n) is 2.41. The second-order valence-corrected chi connectivity index (χ2v) is 5.16. The molecule has 1 aliphatic heterocycles. The van der Waals surface area contributed by atoms with Gasteiger partial charge in [-0.2, -0.15) is 0 Å². The maximum atomic E-state index is 12.4. The van der Waals surface area contributed by atoms with Gasteiger partial charge in [-0.25, -0.2) is 10.8 Å². The van der Waals surface area contributed by atoms with Crippen molar-refractivity contribution in [3.63, 3.8) is 0 Å². The van der Waals surface area contributed by atoms with Crippen LogP contribution in [0.15, 0.2) is 18.3 Å². The van der Waals surface area contributed by atoms with Gasteiger partial charge in [-0.15, -0.1) is 0 Å². The summed E-state index contributed by atoms with van der Waals surface area (Å²) in [7, 11) is 0. The van der Waals surface area contributed by atoms with E-state index in [0.717, 1.165) is 32.6 Å². The average molecular weight is 277 g/mol. The summed E-state index contributed by atoms with van der Waals surface area (Å²) in [6, 6.07) is 4.05. The molecule has 3 N–H and O–H groups in total. The first-order valence-electron chi connectivity index (χ1n) is 7.11. The summed E-state index contributed by atoms with van der Waals surface area (Å²) in [6.07, 6.45) is 2.71. The third-order valence-electron chi connectivity index (χ3n) is 3.97. The van der Waals surface area contributed by atoms with Crippen molar-refractivity contribution in [1.82, 2.24) is 14.8 Å². The number of anilines is 1. The number of pyridine rings is 1. The molecule has 1 fully saturated rings. The molecule has 2 rings (SSSR count). The Morgan fingerprint density at radius 1 is 1.40 bits per heavy atom. The molecule has 0 radical (unpaired) electrons. The monoisotopic (exact) mass is 277 g/mol. The van der Waals surface area contributed by atoms with Crippen LogP contribution in [0, 0.1) is 0 Å². The fourth-order valence-corrected chi connectivity index (χ4v) is 2.41. The molecular weight excluding hydrogens is 254 g/mol. The molecule has 0 aromatic carbocycles. The highest BCUT2D eigenvalue weighted by molar-refractivity contribution is 5.94. The first-order valence-corrected chi connectivity index (χ1v) is 7.11. The summed E-state index contributed by atoms with van der Waals surface area (Å²) in [4.78, 5) is 20.8. The lowest BCUT2D eigenvalue weighted by Gasteiger charge is -2.37. The molecule has 1 saturated heterocycles. The summed E-state index contributed by atoms with van der Waals surface area (Å²) >= 11 is 0. The minimum absolute atomic E-state index is 0.0462. The van der Waals surface area contributed by atoms with Gasteiger partial charge in [0.15, 0.2) is 0 Å². The van der Waals surface area contributed by atoms with Crippen LogP contribution in [-0.4, -0.2) is 52.9 Å². The number of hydrogen-bond donors (Lipinski definition) is 2. The molecular formula is C14H23N5O. The molecule has 0 bridgehead atoms. The molecule has 1 atom stereocenters. The van der Waals surface area contributed by atoms with Crippen LogP contribution in [-0.2, 0) is 0 Å². The van der Waals surface area contributed by atoms with Crippen molar-refractivity contribution in [3.8, 4) is 0 Å². The zero-order chi connectivity index (χ0) is 14.5. The highest BCUT2D eigenvalue weighted by Gasteiger charge is 2.24. The Kier molecular flexibility index (Phi) is 4.92. The lowest BCUT2D eigenvalue weighted by molar-refractivity contribution is 0.0579. The van der Waals surface area contributed by atoms with E-state index in [2.05, 4.69) is 29.2 Å². The summed E-state index contributed by atoms with van der Waals surface area (Å²) in [5.41, 5.74) is 3.07. The summed E-state index contributed by atoms with van der Waals surface area (Å²) in [5, 5.41) is 0. The predicted octanol–water partition coefficient (Wildman–Crippen LogP) is 0.924. The van der Waals surface area contributed by atoms with Crippen LogP contribution in [0.2, 0.25) is 0 Å². The van der Waals surface area contributed by atoms with Crippen LogP contribution < -0.4 is 11.3 Å². The van der Waals surface area contributed by atoms with Crippen LogP contribution in [0.5, 0.6) is 0 Å². The van der Waals surface area contributed by atoms with E-state index in [1.807, 2.05) is 4.90 Å². The van der Waals surface area contributed by atoms with Crippen molar-refractivity contribution in [2.24, 2.45) is 5.84 Å². The highest BCUT2D eigenvalue weighted by Crippen LogP contribution is 2.12. The smallest absolute Gasteiger partial charge is 0.255 e. The van der Waals surface area contributed by atoms with Crippen molar-refractivity contribution >= 4 is 11.7 Å². The topological polar surface area (TPSA) is 74.5 Å². The third-order valence-corrected chi connectivity index (χ3v) is 3.97. The molecule has 0 spiro atoms. The zero-order valence-electron chi connectivity index (χ0n) is 12.2. The molecule has 0 aliphatic carbocycles. The number of amides is 1. The van der Waals surface area contributed by atoms with Crippen molar-refractivity contribution < 1.29 is 4.79 Å². The lowest BCUT2D eigenvalue weighted by Crippen LogP contribution is -2.51. The van der Waals surface area contributed by atoms with E-state index < -0.39 is 0 Å². The Morgan fingerprint density at radius 2 is 2.10 bits per heavy atom. The number of nitrogens with two attached hydrogens (primary N) is 1. The molecule has 20 heavy (non-hydrogen) atoms. The molecule has 1 unspecified atom stereocenters. The summed E-state index contributed by atoms with van der Waals surface area (Å²) in [5.74, 6) is 5.87. The number of rotatable bonds is 4. The Labute approximate surface area is 119 Å². The second kappa shape index (κ2) is 6.67. The molecule has 1 aliphatic rings. The number of carbonyl (C=O) groups excluding carboxylic acids is 1. The standard InChI is InChI=1S/C14H23N5O/c1-3-11(2)18-6-8-19(9-7-18)14(20)12-4-5-13(17-15)16-10-12/h4-5,10-11H,3,6-9,15H2,1-2H3,(H,16,17). The Balaban J connectivity index is 1.94. The maximum absolute atomic E-state index is 12.4. The summed E-state index contributed by atoms with van der Waals surface area (Å²) in [6.45, 7) is 7.87. The van der Waals surface area contributed by atoms with Crippen LogP contribution in [0.1, 0.15) is 30.6 Å². The van der Waals surface area contributed by atoms with Crippen LogP contribution in [0.25, 0.3) is 0 Å². The van der Waals surface area contributed by atoms with Gasteiger partial charge in [0.25, 0.3) is 5.91 Å².